The van der Waals surface area contributed by atoms with Crippen molar-refractivity contribution in [2.45, 2.75) is 20.0 Å². The molecule has 132 valence electrons. The van der Waals surface area contributed by atoms with Crippen LogP contribution >= 0.6 is 11.3 Å². The summed E-state index contributed by atoms with van der Waals surface area (Å²) in [5.74, 6) is -0.583. The van der Waals surface area contributed by atoms with Crippen LogP contribution in [0.4, 0.5) is 11.4 Å². The van der Waals surface area contributed by atoms with Crippen molar-refractivity contribution in [1.82, 2.24) is 5.32 Å². The van der Waals surface area contributed by atoms with Crippen molar-refractivity contribution >= 4 is 34.6 Å². The molecule has 3 rings (SSSR count). The van der Waals surface area contributed by atoms with Gasteiger partial charge in [0.1, 0.15) is 11.0 Å². The summed E-state index contributed by atoms with van der Waals surface area (Å²) in [6.45, 7) is 3.89. The minimum Gasteiger partial charge on any atom is -0.462 e. The lowest BCUT2D eigenvalue weighted by Crippen LogP contribution is -2.38. The van der Waals surface area contributed by atoms with E-state index in [-0.39, 0.29) is 5.91 Å². The van der Waals surface area contributed by atoms with E-state index in [1.165, 1.54) is 11.3 Å². The lowest BCUT2D eigenvalue weighted by molar-refractivity contribution is 0.0533. The van der Waals surface area contributed by atoms with E-state index in [4.69, 9.17) is 4.74 Å². The number of fused-ring (bicyclic) bond motifs is 1. The second kappa shape index (κ2) is 6.76. The van der Waals surface area contributed by atoms with Gasteiger partial charge in [0.05, 0.1) is 17.9 Å². The molecule has 2 heterocycles. The zero-order valence-corrected chi connectivity index (χ0v) is 15.5. The summed E-state index contributed by atoms with van der Waals surface area (Å²) in [4.78, 5) is 28.0. The van der Waals surface area contributed by atoms with Crippen LogP contribution in [-0.4, -0.2) is 32.6 Å². The Morgan fingerprint density at radius 3 is 2.52 bits per heavy atom. The van der Waals surface area contributed by atoms with Gasteiger partial charge in [0.2, 0.25) is 0 Å². The second-order valence-corrected chi connectivity index (χ2v) is 7.22. The molecule has 2 N–H and O–H groups in total. The number of amides is 1. The highest BCUT2D eigenvalue weighted by atomic mass is 32.1. The predicted molar refractivity (Wildman–Crippen MR) is 99.6 cm³/mol. The normalized spacial score (nSPS) is 15.8. The van der Waals surface area contributed by atoms with Gasteiger partial charge in [-0.2, -0.15) is 0 Å². The highest BCUT2D eigenvalue weighted by Gasteiger charge is 2.33. The van der Waals surface area contributed by atoms with E-state index < -0.39 is 12.1 Å². The van der Waals surface area contributed by atoms with E-state index in [0.29, 0.717) is 22.7 Å². The first kappa shape index (κ1) is 17.3. The molecule has 7 heteroatoms. The van der Waals surface area contributed by atoms with Crippen LogP contribution in [0.5, 0.6) is 0 Å². The fourth-order valence-electron chi connectivity index (χ4n) is 2.81. The number of carbonyl (C=O) groups is 2. The third-order valence-corrected chi connectivity index (χ3v) is 5.16. The van der Waals surface area contributed by atoms with E-state index in [9.17, 15) is 9.59 Å². The maximum absolute atomic E-state index is 12.6. The Kier molecular flexibility index (Phi) is 4.67. The Bertz CT molecular complexity index is 812. The van der Waals surface area contributed by atoms with Crippen LogP contribution in [0.1, 0.15) is 43.6 Å². The van der Waals surface area contributed by atoms with Crippen LogP contribution in [0, 0.1) is 6.92 Å². The molecule has 1 aromatic carbocycles. The molecule has 0 saturated heterocycles. The third kappa shape index (κ3) is 3.19. The number of anilines is 2. The maximum atomic E-state index is 12.6. The molecule has 0 spiro atoms. The molecule has 0 fully saturated rings. The Balaban J connectivity index is 1.94. The molecule has 25 heavy (non-hydrogen) atoms. The topological polar surface area (TPSA) is 70.7 Å². The molecule has 1 aliphatic heterocycles. The average molecular weight is 359 g/mol. The SMILES string of the molecule is CCOC(=O)c1sc(C)c2c1N[C@@H](c1ccc(N(C)C)cc1)NC2=O. The molecule has 1 aliphatic rings. The number of hydrogen-bond donors (Lipinski definition) is 2. The van der Waals surface area contributed by atoms with Crippen molar-refractivity contribution in [1.29, 1.82) is 0 Å². The number of aryl methyl sites for hydroxylation is 1. The lowest BCUT2D eigenvalue weighted by Gasteiger charge is -2.27. The molecule has 0 bridgehead atoms. The molecule has 0 aliphatic carbocycles. The Labute approximate surface area is 150 Å². The zero-order valence-electron chi connectivity index (χ0n) is 14.7. The average Bonchev–Trinajstić information content (AvgIpc) is 2.92. The Hall–Kier alpha value is -2.54. The van der Waals surface area contributed by atoms with Gasteiger partial charge in [-0.1, -0.05) is 12.1 Å². The number of nitrogens with one attached hydrogen (secondary N) is 2. The highest BCUT2D eigenvalue weighted by Crippen LogP contribution is 2.38. The number of nitrogens with zero attached hydrogens (tertiary/aromatic N) is 1. The number of ether oxygens (including phenoxy) is 1. The first-order valence-electron chi connectivity index (χ1n) is 8.07. The lowest BCUT2D eigenvalue weighted by atomic mass is 10.1. The van der Waals surface area contributed by atoms with Gasteiger partial charge in [-0.15, -0.1) is 11.3 Å². The summed E-state index contributed by atoms with van der Waals surface area (Å²) in [6.07, 6.45) is -0.390. The third-order valence-electron chi connectivity index (χ3n) is 4.08. The van der Waals surface area contributed by atoms with Gasteiger partial charge < -0.3 is 20.3 Å². The van der Waals surface area contributed by atoms with Crippen LogP contribution in [0.25, 0.3) is 0 Å². The number of rotatable bonds is 4. The minimum atomic E-state index is -0.402. The standard InChI is InChI=1S/C18H21N3O3S/c1-5-24-18(23)15-14-13(10(2)25-15)17(22)20-16(19-14)11-6-8-12(9-7-11)21(3)4/h6-9,16,19H,5H2,1-4H3,(H,20,22)/t16-/m1/s1. The smallest absolute Gasteiger partial charge is 0.350 e. The molecule has 2 aromatic rings. The maximum Gasteiger partial charge on any atom is 0.350 e. The molecule has 6 nitrogen and oxygen atoms in total. The summed E-state index contributed by atoms with van der Waals surface area (Å²) in [5.41, 5.74) is 3.08. The van der Waals surface area contributed by atoms with E-state index >= 15 is 0 Å². The zero-order chi connectivity index (χ0) is 18.1. The molecule has 0 radical (unpaired) electrons. The monoisotopic (exact) mass is 359 g/mol. The fourth-order valence-corrected chi connectivity index (χ4v) is 3.82. The predicted octanol–water partition coefficient (Wildman–Crippen LogP) is 3.15. The van der Waals surface area contributed by atoms with E-state index in [2.05, 4.69) is 10.6 Å². The Morgan fingerprint density at radius 2 is 1.92 bits per heavy atom. The van der Waals surface area contributed by atoms with Gasteiger partial charge in [0.25, 0.3) is 5.91 Å². The van der Waals surface area contributed by atoms with Crippen molar-refractivity contribution in [2.24, 2.45) is 0 Å². The molecule has 1 atom stereocenters. The summed E-state index contributed by atoms with van der Waals surface area (Å²) in [6, 6.07) is 7.90. The van der Waals surface area contributed by atoms with Crippen LogP contribution in [0.3, 0.4) is 0 Å². The van der Waals surface area contributed by atoms with E-state index in [0.717, 1.165) is 16.1 Å². The summed E-state index contributed by atoms with van der Waals surface area (Å²) in [5, 5.41) is 6.24. The van der Waals surface area contributed by atoms with Gasteiger partial charge in [-0.05, 0) is 31.5 Å². The number of benzene rings is 1. The first-order chi connectivity index (χ1) is 11.9. The first-order valence-corrected chi connectivity index (χ1v) is 8.89. The van der Waals surface area contributed by atoms with Gasteiger partial charge in [-0.25, -0.2) is 4.79 Å². The second-order valence-electron chi connectivity index (χ2n) is 5.99. The highest BCUT2D eigenvalue weighted by molar-refractivity contribution is 7.15. The van der Waals surface area contributed by atoms with Gasteiger partial charge in [-0.3, -0.25) is 4.79 Å². The summed E-state index contributed by atoms with van der Waals surface area (Å²) < 4.78 is 5.12. The van der Waals surface area contributed by atoms with Crippen LogP contribution in [0.2, 0.25) is 0 Å². The van der Waals surface area contributed by atoms with Crippen molar-refractivity contribution < 1.29 is 14.3 Å². The quantitative estimate of drug-likeness (QED) is 0.821. The van der Waals surface area contributed by atoms with E-state index in [1.54, 1.807) is 6.92 Å². The molecule has 1 amide bonds. The molecular formula is C18H21N3O3S. The molecular weight excluding hydrogens is 338 g/mol. The molecule has 1 aromatic heterocycles. The van der Waals surface area contributed by atoms with Crippen molar-refractivity contribution in [3.05, 3.63) is 45.1 Å². The van der Waals surface area contributed by atoms with Crippen LogP contribution in [-0.2, 0) is 4.74 Å². The van der Waals surface area contributed by atoms with E-state index in [1.807, 2.05) is 50.2 Å². The summed E-state index contributed by atoms with van der Waals surface area (Å²) >= 11 is 1.28. The minimum absolute atomic E-state index is 0.181. The summed E-state index contributed by atoms with van der Waals surface area (Å²) in [7, 11) is 3.95. The van der Waals surface area contributed by atoms with Crippen molar-refractivity contribution in [3.8, 4) is 0 Å². The fraction of sp³-hybridized carbons (Fsp3) is 0.333. The number of hydrogen-bond acceptors (Lipinski definition) is 6. The van der Waals surface area contributed by atoms with Crippen molar-refractivity contribution in [3.63, 3.8) is 0 Å². The Morgan fingerprint density at radius 1 is 1.24 bits per heavy atom. The largest absolute Gasteiger partial charge is 0.462 e. The molecule has 0 unspecified atom stereocenters. The van der Waals surface area contributed by atoms with Crippen LogP contribution in [0.15, 0.2) is 24.3 Å². The number of thiophene rings is 1. The molecule has 0 saturated carbocycles. The van der Waals surface area contributed by atoms with Crippen LogP contribution < -0.4 is 15.5 Å². The van der Waals surface area contributed by atoms with Gasteiger partial charge in [0, 0.05) is 24.7 Å². The van der Waals surface area contributed by atoms with Crippen molar-refractivity contribution in [2.75, 3.05) is 30.9 Å². The van der Waals surface area contributed by atoms with Gasteiger partial charge in [0.15, 0.2) is 0 Å². The number of esters is 1. The number of carbonyl (C=O) groups excluding carboxylic acids is 2. The van der Waals surface area contributed by atoms with Gasteiger partial charge >= 0.3 is 5.97 Å².